The topological polar surface area (TPSA) is 78.4 Å². The number of halogens is 1. The molecule has 1 unspecified atom stereocenters. The van der Waals surface area contributed by atoms with Crippen molar-refractivity contribution in [3.8, 4) is 0 Å². The lowest BCUT2D eigenvalue weighted by molar-refractivity contribution is -0.133. The molecule has 2 heterocycles. The molecular weight excluding hydrogens is 434 g/mol. The summed E-state index contributed by atoms with van der Waals surface area (Å²) in [6.45, 7) is 10.2. The van der Waals surface area contributed by atoms with Crippen molar-refractivity contribution in [2.45, 2.75) is 83.5 Å². The molecule has 0 saturated carbocycles. The van der Waals surface area contributed by atoms with Gasteiger partial charge in [0.15, 0.2) is 5.16 Å². The lowest BCUT2D eigenvalue weighted by Crippen LogP contribution is -2.54. The maximum absolute atomic E-state index is 12.6. The maximum atomic E-state index is 12.6. The molecule has 1 N–H and O–H groups in total. The molecule has 0 spiro atoms. The zero-order valence-electron chi connectivity index (χ0n) is 19.2. The minimum atomic E-state index is -0.0550. The van der Waals surface area contributed by atoms with Crippen LogP contribution < -0.4 is 10.2 Å². The van der Waals surface area contributed by atoms with Gasteiger partial charge in [-0.3, -0.25) is 9.59 Å². The molecular formula is C22H36ClN5O2S. The van der Waals surface area contributed by atoms with Crippen LogP contribution in [-0.2, 0) is 9.59 Å². The Morgan fingerprint density at radius 1 is 1.23 bits per heavy atom. The van der Waals surface area contributed by atoms with E-state index in [0.29, 0.717) is 36.4 Å². The van der Waals surface area contributed by atoms with Gasteiger partial charge in [0.05, 0.1) is 5.75 Å². The normalized spacial score (nSPS) is 16.6. The highest BCUT2D eigenvalue weighted by Gasteiger charge is 2.28. The van der Waals surface area contributed by atoms with E-state index >= 15 is 0 Å². The predicted molar refractivity (Wildman–Crippen MR) is 128 cm³/mol. The molecule has 2 amide bonds. The number of amides is 2. The summed E-state index contributed by atoms with van der Waals surface area (Å²) >= 11 is 7.50. The Morgan fingerprint density at radius 2 is 1.97 bits per heavy atom. The van der Waals surface area contributed by atoms with Gasteiger partial charge in [-0.15, -0.1) is 0 Å². The Morgan fingerprint density at radius 3 is 2.65 bits per heavy atom. The van der Waals surface area contributed by atoms with Crippen LogP contribution in [0.4, 0.5) is 5.82 Å². The summed E-state index contributed by atoms with van der Waals surface area (Å²) in [6.07, 6.45) is 6.40. The van der Waals surface area contributed by atoms with E-state index in [0.717, 1.165) is 18.7 Å². The number of unbranched alkanes of at least 4 members (excludes halogenated alkanes) is 4. The largest absolute Gasteiger partial charge is 0.353 e. The first-order valence-corrected chi connectivity index (χ1v) is 12.7. The quantitative estimate of drug-likeness (QED) is 0.227. The fourth-order valence-corrected chi connectivity index (χ4v) is 4.56. The van der Waals surface area contributed by atoms with Crippen molar-refractivity contribution < 1.29 is 9.59 Å². The maximum Gasteiger partial charge on any atom is 0.230 e. The van der Waals surface area contributed by atoms with Crippen molar-refractivity contribution in [3.05, 3.63) is 11.2 Å². The number of hydrogen-bond donors (Lipinski definition) is 1. The van der Waals surface area contributed by atoms with E-state index < -0.39 is 0 Å². The van der Waals surface area contributed by atoms with Crippen LogP contribution in [-0.4, -0.2) is 64.2 Å². The molecule has 0 radical (unpaired) electrons. The number of nitrogens with zero attached hydrogens (tertiary/aromatic N) is 4. The van der Waals surface area contributed by atoms with Gasteiger partial charge < -0.3 is 15.1 Å². The molecule has 1 aliphatic heterocycles. The summed E-state index contributed by atoms with van der Waals surface area (Å²) in [6, 6.07) is 1.96. The molecule has 2 rings (SSSR count). The minimum absolute atomic E-state index is 0.0550. The zero-order chi connectivity index (χ0) is 22.8. The molecule has 1 fully saturated rings. The molecule has 1 aliphatic rings. The van der Waals surface area contributed by atoms with Crippen LogP contribution in [0.25, 0.3) is 0 Å². The van der Waals surface area contributed by atoms with Crippen molar-refractivity contribution in [2.24, 2.45) is 0 Å². The van der Waals surface area contributed by atoms with Gasteiger partial charge in [-0.25, -0.2) is 9.97 Å². The molecule has 0 aromatic carbocycles. The molecule has 0 aliphatic carbocycles. The molecule has 1 aromatic rings. The number of anilines is 1. The minimum Gasteiger partial charge on any atom is -0.353 e. The monoisotopic (exact) mass is 469 g/mol. The van der Waals surface area contributed by atoms with Crippen LogP contribution in [0.15, 0.2) is 11.2 Å². The molecule has 1 saturated heterocycles. The standard InChI is InChI=1S/C22H36ClN5O2S/c1-5-6-7-8-9-10-21(30)28-12-11-27(14-17(28)4)19-13-18(23)25-22(26-19)31-15-20(29)24-16(2)3/h13,16-17H,5-12,14-15H2,1-4H3,(H,24,29). The molecule has 0 bridgehead atoms. The van der Waals surface area contributed by atoms with Crippen molar-refractivity contribution in [3.63, 3.8) is 0 Å². The van der Waals surface area contributed by atoms with Gasteiger partial charge in [0.2, 0.25) is 11.8 Å². The molecule has 31 heavy (non-hydrogen) atoms. The smallest absolute Gasteiger partial charge is 0.230 e. The van der Waals surface area contributed by atoms with E-state index in [1.54, 1.807) is 6.07 Å². The number of rotatable bonds is 11. The average Bonchev–Trinajstić information content (AvgIpc) is 2.71. The van der Waals surface area contributed by atoms with E-state index in [1.807, 2.05) is 18.7 Å². The van der Waals surface area contributed by atoms with E-state index in [4.69, 9.17) is 11.6 Å². The second kappa shape index (κ2) is 13.1. The fourth-order valence-electron chi connectivity index (χ4n) is 3.67. The van der Waals surface area contributed by atoms with E-state index in [2.05, 4.69) is 34.0 Å². The summed E-state index contributed by atoms with van der Waals surface area (Å²) in [4.78, 5) is 37.5. The number of carbonyl (C=O) groups excluding carboxylic acids is 2. The fraction of sp³-hybridized carbons (Fsp3) is 0.727. The van der Waals surface area contributed by atoms with Crippen molar-refractivity contribution >= 4 is 41.0 Å². The summed E-state index contributed by atoms with van der Waals surface area (Å²) < 4.78 is 0. The molecule has 174 valence electrons. The van der Waals surface area contributed by atoms with Crippen LogP contribution in [0.5, 0.6) is 0 Å². The van der Waals surface area contributed by atoms with Crippen molar-refractivity contribution in [2.75, 3.05) is 30.3 Å². The SMILES string of the molecule is CCCCCCCC(=O)N1CCN(c2cc(Cl)nc(SCC(=O)NC(C)C)n2)CC1C. The number of hydrogen-bond acceptors (Lipinski definition) is 6. The Hall–Kier alpha value is -1.54. The lowest BCUT2D eigenvalue weighted by atomic mass is 10.1. The van der Waals surface area contributed by atoms with Gasteiger partial charge in [-0.1, -0.05) is 56.0 Å². The molecule has 1 aromatic heterocycles. The van der Waals surface area contributed by atoms with Gasteiger partial charge in [0.1, 0.15) is 11.0 Å². The van der Waals surface area contributed by atoms with E-state index in [9.17, 15) is 9.59 Å². The average molecular weight is 470 g/mol. The van der Waals surface area contributed by atoms with Crippen LogP contribution in [0.3, 0.4) is 0 Å². The molecule has 1 atom stereocenters. The second-order valence-corrected chi connectivity index (χ2v) is 9.72. The summed E-state index contributed by atoms with van der Waals surface area (Å²) in [7, 11) is 0. The second-order valence-electron chi connectivity index (χ2n) is 8.39. The predicted octanol–water partition coefficient (Wildman–Crippen LogP) is 4.14. The summed E-state index contributed by atoms with van der Waals surface area (Å²) in [5.74, 6) is 1.18. The molecule has 7 nitrogen and oxygen atoms in total. The first-order chi connectivity index (χ1) is 14.8. The Kier molecular flexibility index (Phi) is 10.9. The Labute approximate surface area is 195 Å². The van der Waals surface area contributed by atoms with Gasteiger partial charge in [0, 0.05) is 44.2 Å². The van der Waals surface area contributed by atoms with Gasteiger partial charge >= 0.3 is 0 Å². The highest BCUT2D eigenvalue weighted by atomic mass is 35.5. The van der Waals surface area contributed by atoms with Crippen LogP contribution in [0.1, 0.15) is 66.2 Å². The third-order valence-electron chi connectivity index (χ3n) is 5.21. The third-order valence-corrected chi connectivity index (χ3v) is 6.25. The van der Waals surface area contributed by atoms with Crippen molar-refractivity contribution in [1.82, 2.24) is 20.2 Å². The first kappa shape index (κ1) is 25.7. The highest BCUT2D eigenvalue weighted by molar-refractivity contribution is 7.99. The third kappa shape index (κ3) is 8.85. The van der Waals surface area contributed by atoms with Crippen LogP contribution >= 0.6 is 23.4 Å². The lowest BCUT2D eigenvalue weighted by Gasteiger charge is -2.40. The van der Waals surface area contributed by atoms with Gasteiger partial charge in [0.25, 0.3) is 0 Å². The summed E-state index contributed by atoms with van der Waals surface area (Å²) in [5.41, 5.74) is 0. The number of carbonyl (C=O) groups is 2. The van der Waals surface area contributed by atoms with Crippen LogP contribution in [0, 0.1) is 0 Å². The highest BCUT2D eigenvalue weighted by Crippen LogP contribution is 2.24. The van der Waals surface area contributed by atoms with E-state index in [1.165, 1.54) is 31.0 Å². The van der Waals surface area contributed by atoms with Gasteiger partial charge in [-0.2, -0.15) is 0 Å². The number of piperazine rings is 1. The van der Waals surface area contributed by atoms with E-state index in [-0.39, 0.29) is 29.7 Å². The van der Waals surface area contributed by atoms with Gasteiger partial charge in [-0.05, 0) is 27.2 Å². The van der Waals surface area contributed by atoms with Crippen LogP contribution in [0.2, 0.25) is 5.15 Å². The first-order valence-electron chi connectivity index (χ1n) is 11.3. The summed E-state index contributed by atoms with van der Waals surface area (Å²) in [5, 5.41) is 3.70. The zero-order valence-corrected chi connectivity index (χ0v) is 20.8. The van der Waals surface area contributed by atoms with Crippen molar-refractivity contribution in [1.29, 1.82) is 0 Å². The number of thioether (sulfide) groups is 1. The number of nitrogens with one attached hydrogen (secondary N) is 1. The Bertz CT molecular complexity index is 734. The number of aromatic nitrogens is 2. The molecule has 9 heteroatoms. The Balaban J connectivity index is 1.89.